The van der Waals surface area contributed by atoms with Gasteiger partial charge in [0.15, 0.2) is 5.82 Å². The molecule has 11 heteroatoms. The SMILES string of the molecule is CCCCc1nc(-c2ccc(C(F)(F)F)cc2)sc1COc1ccc(-c2noc(=O)[nH]2)c(C#N)c1. The second-order valence-corrected chi connectivity index (χ2v) is 8.70. The van der Waals surface area contributed by atoms with E-state index in [1.807, 2.05) is 6.07 Å². The van der Waals surface area contributed by atoms with Gasteiger partial charge >= 0.3 is 11.9 Å². The van der Waals surface area contributed by atoms with Crippen molar-refractivity contribution >= 4 is 11.3 Å². The minimum atomic E-state index is -4.40. The Balaban J connectivity index is 1.56. The molecule has 0 fully saturated rings. The normalized spacial score (nSPS) is 11.4. The van der Waals surface area contributed by atoms with Gasteiger partial charge in [0, 0.05) is 11.1 Å². The third-order valence-electron chi connectivity index (χ3n) is 5.18. The molecule has 1 N–H and O–H groups in total. The molecular weight excluding hydrogens is 481 g/mol. The maximum absolute atomic E-state index is 12.9. The number of thiazole rings is 1. The monoisotopic (exact) mass is 500 g/mol. The number of aromatic nitrogens is 3. The molecule has 2 heterocycles. The van der Waals surface area contributed by atoms with Gasteiger partial charge in [-0.05, 0) is 43.2 Å². The Morgan fingerprint density at radius 2 is 1.97 bits per heavy atom. The fourth-order valence-electron chi connectivity index (χ4n) is 3.37. The molecule has 0 saturated carbocycles. The molecule has 0 bridgehead atoms. The third kappa shape index (κ3) is 5.60. The number of nitriles is 1. The van der Waals surface area contributed by atoms with E-state index in [2.05, 4.69) is 26.6 Å². The molecule has 2 aromatic heterocycles. The van der Waals surface area contributed by atoms with E-state index in [1.54, 1.807) is 12.1 Å². The number of nitrogens with one attached hydrogen (secondary N) is 1. The molecule has 7 nitrogen and oxygen atoms in total. The maximum Gasteiger partial charge on any atom is 0.439 e. The Hall–Kier alpha value is -3.91. The van der Waals surface area contributed by atoms with Gasteiger partial charge in [0.25, 0.3) is 0 Å². The molecule has 180 valence electrons. The summed E-state index contributed by atoms with van der Waals surface area (Å²) in [4.78, 5) is 19.1. The fraction of sp³-hybridized carbons (Fsp3) is 0.250. The van der Waals surface area contributed by atoms with Gasteiger partial charge in [-0.1, -0.05) is 30.6 Å². The van der Waals surface area contributed by atoms with Crippen LogP contribution in [0.4, 0.5) is 13.2 Å². The van der Waals surface area contributed by atoms with Crippen LogP contribution in [0.5, 0.6) is 5.75 Å². The number of benzene rings is 2. The second kappa shape index (κ2) is 10.1. The minimum absolute atomic E-state index is 0.142. The molecule has 0 unspecified atom stereocenters. The zero-order valence-corrected chi connectivity index (χ0v) is 19.3. The number of aryl methyl sites for hydroxylation is 1. The van der Waals surface area contributed by atoms with Gasteiger partial charge in [0.05, 0.1) is 21.7 Å². The first kappa shape index (κ1) is 24.2. The van der Waals surface area contributed by atoms with Crippen LogP contribution in [-0.4, -0.2) is 15.1 Å². The third-order valence-corrected chi connectivity index (χ3v) is 6.30. The van der Waals surface area contributed by atoms with Crippen LogP contribution in [0.25, 0.3) is 22.0 Å². The number of nitrogens with zero attached hydrogens (tertiary/aromatic N) is 3. The number of alkyl halides is 3. The van der Waals surface area contributed by atoms with E-state index in [0.29, 0.717) is 28.3 Å². The van der Waals surface area contributed by atoms with Gasteiger partial charge in [-0.25, -0.2) is 9.78 Å². The summed E-state index contributed by atoms with van der Waals surface area (Å²) in [6, 6.07) is 11.8. The van der Waals surface area contributed by atoms with Crippen molar-refractivity contribution in [3.8, 4) is 33.8 Å². The molecule has 0 aliphatic carbocycles. The molecule has 0 saturated heterocycles. The molecule has 0 aliphatic rings. The number of halogens is 3. The average molecular weight is 501 g/mol. The van der Waals surface area contributed by atoms with Gasteiger partial charge in [-0.15, -0.1) is 11.3 Å². The Morgan fingerprint density at radius 1 is 1.20 bits per heavy atom. The van der Waals surface area contributed by atoms with Crippen LogP contribution in [-0.2, 0) is 19.2 Å². The Bertz CT molecular complexity index is 1420. The number of aromatic amines is 1. The molecule has 35 heavy (non-hydrogen) atoms. The highest BCUT2D eigenvalue weighted by atomic mass is 32.1. The molecule has 2 aromatic carbocycles. The highest BCUT2D eigenvalue weighted by Crippen LogP contribution is 2.34. The molecule has 4 rings (SSSR count). The lowest BCUT2D eigenvalue weighted by Crippen LogP contribution is -2.03. The van der Waals surface area contributed by atoms with Crippen molar-refractivity contribution in [2.45, 2.75) is 39.0 Å². The zero-order chi connectivity index (χ0) is 25.0. The summed E-state index contributed by atoms with van der Waals surface area (Å²) in [6.07, 6.45) is -1.81. The standard InChI is InChI=1S/C24H19F3N4O3S/c1-2-3-4-19-20(35-22(29-19)14-5-7-16(8-6-14)24(25,26)27)13-33-17-9-10-18(15(11-17)12-28)21-30-23(32)34-31-21/h5-11H,2-4,13H2,1H3,(H,30,31,32). The topological polar surface area (TPSA) is 105 Å². The smallest absolute Gasteiger partial charge is 0.439 e. The number of hydrogen-bond acceptors (Lipinski definition) is 7. The summed E-state index contributed by atoms with van der Waals surface area (Å²) in [5.41, 5.74) is 1.37. The van der Waals surface area contributed by atoms with E-state index in [-0.39, 0.29) is 18.0 Å². The van der Waals surface area contributed by atoms with Gasteiger partial charge in [-0.3, -0.25) is 9.51 Å². The molecule has 0 amide bonds. The lowest BCUT2D eigenvalue weighted by molar-refractivity contribution is -0.137. The summed E-state index contributed by atoms with van der Waals surface area (Å²) in [6.45, 7) is 2.24. The van der Waals surface area contributed by atoms with Crippen molar-refractivity contribution in [2.24, 2.45) is 0 Å². The molecule has 0 radical (unpaired) electrons. The fourth-order valence-corrected chi connectivity index (χ4v) is 4.39. The molecule has 0 aliphatic heterocycles. The summed E-state index contributed by atoms with van der Waals surface area (Å²) in [5, 5.41) is 13.7. The average Bonchev–Trinajstić information content (AvgIpc) is 3.46. The first-order valence-corrected chi connectivity index (χ1v) is 11.5. The molecule has 0 atom stereocenters. The van der Waals surface area contributed by atoms with Crippen molar-refractivity contribution < 1.29 is 22.4 Å². The van der Waals surface area contributed by atoms with Crippen molar-refractivity contribution in [2.75, 3.05) is 0 Å². The minimum Gasteiger partial charge on any atom is -0.488 e. The van der Waals surface area contributed by atoms with Crippen LogP contribution in [0.1, 0.15) is 41.5 Å². The van der Waals surface area contributed by atoms with Crippen LogP contribution in [0.15, 0.2) is 51.8 Å². The number of ether oxygens (including phenoxy) is 1. The molecule has 4 aromatic rings. The number of unbranched alkanes of at least 4 members (excludes halogenated alkanes) is 1. The Labute approximate surface area is 201 Å². The predicted octanol–water partition coefficient (Wildman–Crippen LogP) is 5.97. The maximum atomic E-state index is 12.9. The summed E-state index contributed by atoms with van der Waals surface area (Å²) >= 11 is 1.36. The van der Waals surface area contributed by atoms with Crippen LogP contribution >= 0.6 is 11.3 Å². The van der Waals surface area contributed by atoms with E-state index in [1.165, 1.54) is 29.5 Å². The van der Waals surface area contributed by atoms with Crippen LogP contribution in [0.3, 0.4) is 0 Å². The predicted molar refractivity (Wildman–Crippen MR) is 123 cm³/mol. The van der Waals surface area contributed by atoms with Crippen LogP contribution < -0.4 is 10.5 Å². The van der Waals surface area contributed by atoms with Crippen LogP contribution in [0.2, 0.25) is 0 Å². The molecule has 0 spiro atoms. The quantitative estimate of drug-likeness (QED) is 0.320. The first-order chi connectivity index (χ1) is 16.8. The van der Waals surface area contributed by atoms with Crippen molar-refractivity contribution in [3.05, 3.63) is 74.7 Å². The lowest BCUT2D eigenvalue weighted by atomic mass is 10.1. The van der Waals surface area contributed by atoms with E-state index in [9.17, 15) is 23.2 Å². The summed E-state index contributed by atoms with van der Waals surface area (Å²) in [7, 11) is 0. The van der Waals surface area contributed by atoms with Crippen molar-refractivity contribution in [3.63, 3.8) is 0 Å². The number of H-pyrrole nitrogens is 1. The Kier molecular flexibility index (Phi) is 7.02. The zero-order valence-electron chi connectivity index (χ0n) is 18.5. The summed E-state index contributed by atoms with van der Waals surface area (Å²) in [5.74, 6) is -0.150. The van der Waals surface area contributed by atoms with Crippen LogP contribution in [0, 0.1) is 11.3 Å². The van der Waals surface area contributed by atoms with Gasteiger partial charge in [0.1, 0.15) is 23.4 Å². The molecular formula is C24H19F3N4O3S. The first-order valence-electron chi connectivity index (χ1n) is 10.7. The van der Waals surface area contributed by atoms with E-state index >= 15 is 0 Å². The van der Waals surface area contributed by atoms with Crippen molar-refractivity contribution in [1.29, 1.82) is 5.26 Å². The number of hydrogen-bond donors (Lipinski definition) is 1. The largest absolute Gasteiger partial charge is 0.488 e. The summed E-state index contributed by atoms with van der Waals surface area (Å²) < 4.78 is 49.1. The van der Waals surface area contributed by atoms with E-state index in [0.717, 1.165) is 35.5 Å². The number of rotatable bonds is 8. The lowest BCUT2D eigenvalue weighted by Gasteiger charge is -2.08. The highest BCUT2D eigenvalue weighted by molar-refractivity contribution is 7.15. The van der Waals surface area contributed by atoms with Crippen molar-refractivity contribution in [1.82, 2.24) is 15.1 Å². The van der Waals surface area contributed by atoms with Gasteiger partial charge in [-0.2, -0.15) is 18.4 Å². The van der Waals surface area contributed by atoms with Gasteiger partial charge < -0.3 is 4.74 Å². The van der Waals surface area contributed by atoms with E-state index in [4.69, 9.17) is 4.74 Å². The van der Waals surface area contributed by atoms with E-state index < -0.39 is 17.5 Å². The Morgan fingerprint density at radius 3 is 2.60 bits per heavy atom. The second-order valence-electron chi connectivity index (χ2n) is 7.62. The van der Waals surface area contributed by atoms with Gasteiger partial charge in [0.2, 0.25) is 0 Å². The highest BCUT2D eigenvalue weighted by Gasteiger charge is 2.30.